The summed E-state index contributed by atoms with van der Waals surface area (Å²) < 4.78 is 5.41. The van der Waals surface area contributed by atoms with Gasteiger partial charge in [0.05, 0.1) is 5.02 Å². The van der Waals surface area contributed by atoms with Crippen molar-refractivity contribution >= 4 is 40.7 Å². The molecule has 0 unspecified atom stereocenters. The first-order chi connectivity index (χ1) is 13.5. The number of amides is 1. The van der Waals surface area contributed by atoms with Gasteiger partial charge in [-0.3, -0.25) is 4.79 Å². The molecule has 1 aromatic carbocycles. The highest BCUT2D eigenvalue weighted by Crippen LogP contribution is 2.27. The zero-order chi connectivity index (χ0) is 19.9. The first-order valence-electron chi connectivity index (χ1n) is 9.20. The fraction of sp³-hybridized carbons (Fsp3) is 0.421. The lowest BCUT2D eigenvalue weighted by Gasteiger charge is -2.17. The number of carbonyl (C=O) groups is 1. The third kappa shape index (κ3) is 5.87. The van der Waals surface area contributed by atoms with E-state index in [0.29, 0.717) is 28.9 Å². The van der Waals surface area contributed by atoms with E-state index in [1.807, 2.05) is 13.0 Å². The molecule has 2 aromatic rings. The molecule has 0 saturated carbocycles. The zero-order valence-electron chi connectivity index (χ0n) is 15.7. The number of rotatable bonds is 8. The largest absolute Gasteiger partial charge is 0.482 e. The lowest BCUT2D eigenvalue weighted by atomic mass is 10.3. The Bertz CT molecular complexity index is 828. The maximum Gasteiger partial charge on any atom is 0.258 e. The van der Waals surface area contributed by atoms with Gasteiger partial charge in [-0.2, -0.15) is 0 Å². The Hall–Kier alpha value is -2.25. The summed E-state index contributed by atoms with van der Waals surface area (Å²) in [6.07, 6.45) is 2.39. The molecule has 7 nitrogen and oxygen atoms in total. The molecule has 0 spiro atoms. The molecule has 28 heavy (non-hydrogen) atoms. The van der Waals surface area contributed by atoms with Crippen LogP contribution in [-0.4, -0.2) is 48.7 Å². The number of anilines is 2. The number of carbonyl (C=O) groups excluding carboxylic acids is 1. The summed E-state index contributed by atoms with van der Waals surface area (Å²) in [4.78, 5) is 23.1. The fourth-order valence-corrected chi connectivity index (χ4v) is 3.39. The van der Waals surface area contributed by atoms with Crippen molar-refractivity contribution in [1.29, 1.82) is 0 Å². The van der Waals surface area contributed by atoms with Crippen LogP contribution in [0.15, 0.2) is 24.3 Å². The second kappa shape index (κ2) is 9.80. The lowest BCUT2D eigenvalue weighted by Crippen LogP contribution is -2.32. The van der Waals surface area contributed by atoms with Crippen molar-refractivity contribution < 1.29 is 9.53 Å². The van der Waals surface area contributed by atoms with Crippen molar-refractivity contribution in [2.45, 2.75) is 19.8 Å². The number of ether oxygens (including phenoxy) is 1. The number of nitrogens with one attached hydrogen (secondary N) is 2. The van der Waals surface area contributed by atoms with E-state index in [9.17, 15) is 4.79 Å². The van der Waals surface area contributed by atoms with Crippen LogP contribution in [0.2, 0.25) is 10.0 Å². The monoisotopic (exact) mass is 423 g/mol. The first kappa shape index (κ1) is 20.5. The Labute approximate surface area is 174 Å². The standard InChI is InChI=1S/C19H23Cl2N5O2/c1-13-24-17(11-18(25-13)26-8-2-3-9-26)22-6-7-23-19(27)12-28-16-5-4-14(20)10-15(16)21/h4-5,10-11H,2-3,6-9,12H2,1H3,(H,23,27)(H,22,24,25). The Balaban J connectivity index is 1.41. The van der Waals surface area contributed by atoms with Gasteiger partial charge in [-0.1, -0.05) is 23.2 Å². The van der Waals surface area contributed by atoms with Gasteiger partial charge in [0, 0.05) is 37.3 Å². The fourth-order valence-electron chi connectivity index (χ4n) is 2.93. The highest BCUT2D eigenvalue weighted by molar-refractivity contribution is 6.35. The molecule has 1 aromatic heterocycles. The van der Waals surface area contributed by atoms with E-state index in [0.717, 1.165) is 30.5 Å². The third-order valence-corrected chi connectivity index (χ3v) is 4.79. The van der Waals surface area contributed by atoms with E-state index >= 15 is 0 Å². The minimum absolute atomic E-state index is 0.118. The van der Waals surface area contributed by atoms with Gasteiger partial charge in [-0.05, 0) is 38.0 Å². The summed E-state index contributed by atoms with van der Waals surface area (Å²) >= 11 is 11.8. The van der Waals surface area contributed by atoms with E-state index in [2.05, 4.69) is 25.5 Å². The molecule has 150 valence electrons. The molecule has 9 heteroatoms. The topological polar surface area (TPSA) is 79.4 Å². The summed E-state index contributed by atoms with van der Waals surface area (Å²) in [6.45, 7) is 4.81. The van der Waals surface area contributed by atoms with Crippen LogP contribution in [-0.2, 0) is 4.79 Å². The van der Waals surface area contributed by atoms with E-state index in [1.165, 1.54) is 12.8 Å². The molecular weight excluding hydrogens is 401 g/mol. The van der Waals surface area contributed by atoms with Gasteiger partial charge in [0.25, 0.3) is 5.91 Å². The summed E-state index contributed by atoms with van der Waals surface area (Å²) in [5.74, 6) is 2.62. The number of nitrogens with zero attached hydrogens (tertiary/aromatic N) is 3. The lowest BCUT2D eigenvalue weighted by molar-refractivity contribution is -0.123. The average molecular weight is 424 g/mol. The molecule has 1 fully saturated rings. The van der Waals surface area contributed by atoms with Crippen molar-refractivity contribution in [2.24, 2.45) is 0 Å². The first-order valence-corrected chi connectivity index (χ1v) is 9.96. The predicted octanol–water partition coefficient (Wildman–Crippen LogP) is 3.30. The van der Waals surface area contributed by atoms with Crippen molar-refractivity contribution in [3.63, 3.8) is 0 Å². The molecule has 0 radical (unpaired) electrons. The van der Waals surface area contributed by atoms with E-state index in [-0.39, 0.29) is 12.5 Å². The van der Waals surface area contributed by atoms with Crippen LogP contribution >= 0.6 is 23.2 Å². The molecule has 0 aliphatic carbocycles. The molecular formula is C19H23Cl2N5O2. The van der Waals surface area contributed by atoms with Crippen molar-refractivity contribution in [3.05, 3.63) is 40.1 Å². The summed E-state index contributed by atoms with van der Waals surface area (Å²) in [7, 11) is 0. The smallest absolute Gasteiger partial charge is 0.258 e. The molecule has 2 N–H and O–H groups in total. The van der Waals surface area contributed by atoms with Crippen molar-refractivity contribution in [2.75, 3.05) is 43.0 Å². The Morgan fingerprint density at radius 3 is 2.71 bits per heavy atom. The van der Waals surface area contributed by atoms with Gasteiger partial charge >= 0.3 is 0 Å². The van der Waals surface area contributed by atoms with Crippen LogP contribution in [0.3, 0.4) is 0 Å². The maximum atomic E-state index is 11.9. The van der Waals surface area contributed by atoms with E-state index in [4.69, 9.17) is 27.9 Å². The molecule has 2 heterocycles. The van der Waals surface area contributed by atoms with Crippen LogP contribution < -0.4 is 20.3 Å². The van der Waals surface area contributed by atoms with Crippen molar-refractivity contribution in [1.82, 2.24) is 15.3 Å². The summed E-state index contributed by atoms with van der Waals surface area (Å²) in [6, 6.07) is 6.81. The summed E-state index contributed by atoms with van der Waals surface area (Å²) in [5.41, 5.74) is 0. The molecule has 1 amide bonds. The van der Waals surface area contributed by atoms with E-state index in [1.54, 1.807) is 18.2 Å². The number of aryl methyl sites for hydroxylation is 1. The van der Waals surface area contributed by atoms with E-state index < -0.39 is 0 Å². The van der Waals surface area contributed by atoms with Gasteiger partial charge in [0.1, 0.15) is 23.2 Å². The van der Waals surface area contributed by atoms with Gasteiger partial charge in [0.15, 0.2) is 6.61 Å². The van der Waals surface area contributed by atoms with Gasteiger partial charge in [-0.15, -0.1) is 0 Å². The van der Waals surface area contributed by atoms with Crippen LogP contribution in [0, 0.1) is 6.92 Å². The van der Waals surface area contributed by atoms with Gasteiger partial charge in [-0.25, -0.2) is 9.97 Å². The predicted molar refractivity (Wildman–Crippen MR) is 112 cm³/mol. The maximum absolute atomic E-state index is 11.9. The highest BCUT2D eigenvalue weighted by Gasteiger charge is 2.15. The van der Waals surface area contributed by atoms with Crippen LogP contribution in [0.4, 0.5) is 11.6 Å². The Morgan fingerprint density at radius 2 is 1.96 bits per heavy atom. The number of halogens is 2. The number of aromatic nitrogens is 2. The molecule has 0 bridgehead atoms. The molecule has 1 aliphatic heterocycles. The quantitative estimate of drug-likeness (QED) is 0.634. The van der Waals surface area contributed by atoms with Crippen LogP contribution in [0.25, 0.3) is 0 Å². The third-order valence-electron chi connectivity index (χ3n) is 4.26. The second-order valence-corrected chi connectivity index (χ2v) is 7.34. The highest BCUT2D eigenvalue weighted by atomic mass is 35.5. The normalized spacial score (nSPS) is 13.5. The summed E-state index contributed by atoms with van der Waals surface area (Å²) in [5, 5.41) is 6.90. The second-order valence-electron chi connectivity index (χ2n) is 6.49. The molecule has 1 aliphatic rings. The average Bonchev–Trinajstić information content (AvgIpc) is 3.19. The number of benzene rings is 1. The molecule has 3 rings (SSSR count). The van der Waals surface area contributed by atoms with Crippen molar-refractivity contribution in [3.8, 4) is 5.75 Å². The van der Waals surface area contributed by atoms with Crippen LogP contribution in [0.5, 0.6) is 5.75 Å². The minimum Gasteiger partial charge on any atom is -0.482 e. The minimum atomic E-state index is -0.232. The zero-order valence-corrected chi connectivity index (χ0v) is 17.2. The number of hydrogen-bond acceptors (Lipinski definition) is 6. The SMILES string of the molecule is Cc1nc(NCCNC(=O)COc2ccc(Cl)cc2Cl)cc(N2CCCC2)n1. The molecule has 0 atom stereocenters. The number of hydrogen-bond donors (Lipinski definition) is 2. The van der Waals surface area contributed by atoms with Gasteiger partial charge < -0.3 is 20.3 Å². The van der Waals surface area contributed by atoms with Gasteiger partial charge in [0.2, 0.25) is 0 Å². The Kier molecular flexibility index (Phi) is 7.17. The van der Waals surface area contributed by atoms with Crippen LogP contribution in [0.1, 0.15) is 18.7 Å². The molecule has 1 saturated heterocycles. The Morgan fingerprint density at radius 1 is 1.18 bits per heavy atom.